The first kappa shape index (κ1) is 21.2. The number of aryl methyl sites for hydroxylation is 1. The first-order chi connectivity index (χ1) is 12.6. The fraction of sp³-hybridized carbons (Fsp3) is 0.458. The Morgan fingerprint density at radius 2 is 1.59 bits per heavy atom. The zero-order valence-electron chi connectivity index (χ0n) is 17.9. The highest BCUT2D eigenvalue weighted by Crippen LogP contribution is 2.41. The van der Waals surface area contributed by atoms with E-state index in [9.17, 15) is 4.79 Å². The predicted octanol–water partition coefficient (Wildman–Crippen LogP) is 6.64. The van der Waals surface area contributed by atoms with Gasteiger partial charge in [0.25, 0.3) is 0 Å². The summed E-state index contributed by atoms with van der Waals surface area (Å²) in [6.45, 7) is 17.4. The van der Waals surface area contributed by atoms with Crippen LogP contribution in [-0.4, -0.2) is 14.0 Å². The second-order valence-electron chi connectivity index (χ2n) is 8.41. The van der Waals surface area contributed by atoms with E-state index in [2.05, 4.69) is 65.1 Å². The van der Waals surface area contributed by atoms with E-state index in [1.54, 1.807) is 0 Å². The summed E-state index contributed by atoms with van der Waals surface area (Å²) in [5, 5.41) is 1.99. The Balaban J connectivity index is 2.74. The molecule has 0 aromatic heterocycles. The molecule has 144 valence electrons. The lowest BCUT2D eigenvalue weighted by Gasteiger charge is -2.38. The monoisotopic (exact) mass is 380 g/mol. The Morgan fingerprint density at radius 3 is 2.11 bits per heavy atom. The maximum Gasteiger partial charge on any atom is 0.308 e. The highest BCUT2D eigenvalue weighted by Gasteiger charge is 2.41. The van der Waals surface area contributed by atoms with Crippen molar-refractivity contribution in [2.75, 3.05) is 0 Å². The van der Waals surface area contributed by atoms with E-state index in [0.717, 1.165) is 21.9 Å². The second kappa shape index (κ2) is 8.31. The molecule has 27 heavy (non-hydrogen) atoms. The Morgan fingerprint density at radius 1 is 1.00 bits per heavy atom. The minimum atomic E-state index is -1.83. The van der Waals surface area contributed by atoms with E-state index in [-0.39, 0.29) is 5.97 Å². The molecule has 0 aliphatic rings. The maximum absolute atomic E-state index is 11.6. The van der Waals surface area contributed by atoms with Crippen LogP contribution in [0.3, 0.4) is 0 Å². The van der Waals surface area contributed by atoms with Crippen molar-refractivity contribution in [2.45, 2.75) is 72.0 Å². The van der Waals surface area contributed by atoms with Crippen molar-refractivity contribution in [3.8, 4) is 17.2 Å². The molecule has 0 atom stereocenters. The minimum Gasteiger partial charge on any atom is -0.426 e. The molecule has 0 spiro atoms. The van der Waals surface area contributed by atoms with Gasteiger partial charge >= 0.3 is 5.97 Å². The summed E-state index contributed by atoms with van der Waals surface area (Å²) in [6.07, 6.45) is 0. The van der Waals surface area contributed by atoms with Crippen molar-refractivity contribution in [3.05, 3.63) is 41.5 Å². The molecule has 0 fully saturated rings. The van der Waals surface area contributed by atoms with Gasteiger partial charge in [-0.15, -0.1) is 5.54 Å². The van der Waals surface area contributed by atoms with Crippen molar-refractivity contribution in [1.29, 1.82) is 0 Å². The first-order valence-corrected chi connectivity index (χ1v) is 12.1. The van der Waals surface area contributed by atoms with Crippen LogP contribution in [0.1, 0.15) is 59.6 Å². The van der Waals surface area contributed by atoms with Crippen LogP contribution >= 0.6 is 0 Å². The molecular formula is C24H32O2Si. The maximum atomic E-state index is 11.6. The zero-order valence-corrected chi connectivity index (χ0v) is 18.9. The summed E-state index contributed by atoms with van der Waals surface area (Å²) in [4.78, 5) is 11.6. The van der Waals surface area contributed by atoms with Crippen LogP contribution in [0.2, 0.25) is 16.6 Å². The highest BCUT2D eigenvalue weighted by atomic mass is 28.3. The molecule has 2 rings (SSSR count). The van der Waals surface area contributed by atoms with Gasteiger partial charge in [0.15, 0.2) is 0 Å². The van der Waals surface area contributed by atoms with Gasteiger partial charge in [-0.25, -0.2) is 0 Å². The van der Waals surface area contributed by atoms with Crippen molar-refractivity contribution < 1.29 is 9.53 Å². The van der Waals surface area contributed by atoms with Crippen LogP contribution in [0.5, 0.6) is 5.75 Å². The van der Waals surface area contributed by atoms with E-state index in [0.29, 0.717) is 22.4 Å². The third-order valence-electron chi connectivity index (χ3n) is 5.62. The van der Waals surface area contributed by atoms with Gasteiger partial charge in [0.05, 0.1) is 0 Å². The molecular weight excluding hydrogens is 348 g/mol. The van der Waals surface area contributed by atoms with Crippen molar-refractivity contribution in [1.82, 2.24) is 0 Å². The lowest BCUT2D eigenvalue weighted by molar-refractivity contribution is -0.131. The van der Waals surface area contributed by atoms with Crippen LogP contribution in [0, 0.1) is 18.4 Å². The van der Waals surface area contributed by atoms with E-state index in [4.69, 9.17) is 4.74 Å². The van der Waals surface area contributed by atoms with Crippen LogP contribution in [0.25, 0.3) is 10.8 Å². The summed E-state index contributed by atoms with van der Waals surface area (Å²) < 4.78 is 5.53. The largest absolute Gasteiger partial charge is 0.426 e. The van der Waals surface area contributed by atoms with Gasteiger partial charge in [0.2, 0.25) is 0 Å². The summed E-state index contributed by atoms with van der Waals surface area (Å²) in [5.74, 6) is 3.83. The van der Waals surface area contributed by atoms with Crippen molar-refractivity contribution in [2.24, 2.45) is 0 Å². The number of carbonyl (C=O) groups is 1. The number of benzene rings is 2. The number of rotatable bonds is 4. The fourth-order valence-electron chi connectivity index (χ4n) is 4.48. The molecule has 0 saturated carbocycles. The molecule has 0 aliphatic carbocycles. The summed E-state index contributed by atoms with van der Waals surface area (Å²) >= 11 is 0. The van der Waals surface area contributed by atoms with Crippen LogP contribution in [-0.2, 0) is 4.79 Å². The Labute approximate surface area is 165 Å². The van der Waals surface area contributed by atoms with Gasteiger partial charge in [0.1, 0.15) is 13.8 Å². The lowest BCUT2D eigenvalue weighted by Crippen LogP contribution is -2.43. The van der Waals surface area contributed by atoms with Gasteiger partial charge < -0.3 is 4.74 Å². The molecule has 2 nitrogen and oxygen atoms in total. The number of carbonyl (C=O) groups excluding carboxylic acids is 1. The lowest BCUT2D eigenvalue weighted by atomic mass is 10.0. The first-order valence-electron chi connectivity index (χ1n) is 9.84. The molecule has 0 unspecified atom stereocenters. The van der Waals surface area contributed by atoms with E-state index in [1.165, 1.54) is 6.92 Å². The molecule has 0 aliphatic heterocycles. The Hall–Kier alpha value is -2.05. The SMILES string of the molecule is CC(=O)Oc1cc(C)cc2cccc(C#C[Si](C(C)C)(C(C)C)C(C)C)c12. The van der Waals surface area contributed by atoms with Gasteiger partial charge in [-0.2, -0.15) is 0 Å². The zero-order chi connectivity index (χ0) is 20.4. The van der Waals surface area contributed by atoms with E-state index in [1.807, 2.05) is 25.1 Å². The Bertz CT molecular complexity index is 876. The number of hydrogen-bond acceptors (Lipinski definition) is 2. The summed E-state index contributed by atoms with van der Waals surface area (Å²) in [5.41, 5.74) is 7.54. The number of esters is 1. The minimum absolute atomic E-state index is 0.306. The standard InChI is InChI=1S/C24H32O2Si/c1-16(2)27(17(3)4,18(5)6)13-12-21-10-9-11-22-14-19(7)15-23(24(21)22)26-20(8)25/h9-11,14-18H,1-8H3. The topological polar surface area (TPSA) is 26.3 Å². The van der Waals surface area contributed by atoms with E-state index >= 15 is 0 Å². The molecule has 3 heteroatoms. The average Bonchev–Trinajstić information content (AvgIpc) is 2.53. The van der Waals surface area contributed by atoms with Crippen LogP contribution in [0.15, 0.2) is 30.3 Å². The third-order valence-corrected chi connectivity index (χ3v) is 11.9. The fourth-order valence-corrected chi connectivity index (χ4v) is 9.70. The highest BCUT2D eigenvalue weighted by molar-refractivity contribution is 6.90. The van der Waals surface area contributed by atoms with Crippen molar-refractivity contribution >= 4 is 24.8 Å². The molecule has 0 N–H and O–H groups in total. The predicted molar refractivity (Wildman–Crippen MR) is 118 cm³/mol. The van der Waals surface area contributed by atoms with E-state index < -0.39 is 8.07 Å². The summed E-state index contributed by atoms with van der Waals surface area (Å²) in [7, 11) is -1.83. The van der Waals surface area contributed by atoms with Gasteiger partial charge in [-0.1, -0.05) is 65.7 Å². The molecule has 0 amide bonds. The molecule has 0 bridgehead atoms. The normalized spacial score (nSPS) is 11.8. The van der Waals surface area contributed by atoms with Gasteiger partial charge in [0, 0.05) is 17.9 Å². The smallest absolute Gasteiger partial charge is 0.308 e. The third kappa shape index (κ3) is 4.27. The molecule has 2 aromatic carbocycles. The number of ether oxygens (including phenoxy) is 1. The second-order valence-corrected chi connectivity index (χ2v) is 14.0. The number of fused-ring (bicyclic) bond motifs is 1. The van der Waals surface area contributed by atoms with Gasteiger partial charge in [-0.3, -0.25) is 4.79 Å². The summed E-state index contributed by atoms with van der Waals surface area (Å²) in [6, 6.07) is 10.2. The van der Waals surface area contributed by atoms with Crippen molar-refractivity contribution in [3.63, 3.8) is 0 Å². The van der Waals surface area contributed by atoms with Gasteiger partial charge in [-0.05, 0) is 46.6 Å². The van der Waals surface area contributed by atoms with Crippen LogP contribution in [0.4, 0.5) is 0 Å². The Kier molecular flexibility index (Phi) is 6.54. The molecule has 0 saturated heterocycles. The average molecular weight is 381 g/mol. The molecule has 0 heterocycles. The molecule has 0 radical (unpaired) electrons. The molecule has 2 aromatic rings. The van der Waals surface area contributed by atoms with Crippen LogP contribution < -0.4 is 4.74 Å². The number of hydrogen-bond donors (Lipinski definition) is 0. The quantitative estimate of drug-likeness (QED) is 0.257.